The van der Waals surface area contributed by atoms with E-state index < -0.39 is 0 Å². The molecule has 16 heavy (non-hydrogen) atoms. The van der Waals surface area contributed by atoms with Crippen LogP contribution in [0.15, 0.2) is 23.2 Å². The molecule has 0 radical (unpaired) electrons. The Balaban J connectivity index is 2.31. The van der Waals surface area contributed by atoms with Crippen LogP contribution in [0.25, 0.3) is 0 Å². The standard InChI is InChI=1S/C13H16N2O/c1-3-15-7-6-12-8-11(4-5-13(12)15)10(2)14-9-16/h4-5,8,10H,3,6-7H2,1-2H3. The second-order valence-electron chi connectivity index (χ2n) is 4.11. The van der Waals surface area contributed by atoms with Crippen molar-refractivity contribution in [2.45, 2.75) is 26.3 Å². The first kappa shape index (κ1) is 10.9. The number of likely N-dealkylation sites (N-methyl/N-ethyl adjacent to an activating group) is 1. The van der Waals surface area contributed by atoms with E-state index in [0.29, 0.717) is 0 Å². The van der Waals surface area contributed by atoms with Gasteiger partial charge in [0.2, 0.25) is 6.08 Å². The predicted molar refractivity (Wildman–Crippen MR) is 64.6 cm³/mol. The average Bonchev–Trinajstić information content (AvgIpc) is 2.71. The van der Waals surface area contributed by atoms with Crippen LogP contribution in [-0.4, -0.2) is 19.2 Å². The molecule has 0 bridgehead atoms. The third kappa shape index (κ3) is 1.86. The Kier molecular flexibility index (Phi) is 3.07. The zero-order valence-electron chi connectivity index (χ0n) is 9.73. The van der Waals surface area contributed by atoms with Gasteiger partial charge in [0.1, 0.15) is 0 Å². The normalized spacial score (nSPS) is 15.5. The Morgan fingerprint density at radius 2 is 2.38 bits per heavy atom. The summed E-state index contributed by atoms with van der Waals surface area (Å²) in [6.07, 6.45) is 2.71. The maximum absolute atomic E-state index is 10.2. The summed E-state index contributed by atoms with van der Waals surface area (Å²) in [6.45, 7) is 6.23. The zero-order valence-corrected chi connectivity index (χ0v) is 9.73. The highest BCUT2D eigenvalue weighted by molar-refractivity contribution is 5.59. The van der Waals surface area contributed by atoms with E-state index in [1.54, 1.807) is 6.08 Å². The van der Waals surface area contributed by atoms with E-state index >= 15 is 0 Å². The third-order valence-corrected chi connectivity index (χ3v) is 3.21. The van der Waals surface area contributed by atoms with Gasteiger partial charge in [-0.15, -0.1) is 0 Å². The number of hydrogen-bond donors (Lipinski definition) is 0. The quantitative estimate of drug-likeness (QED) is 0.574. The Labute approximate surface area is 95.8 Å². The van der Waals surface area contributed by atoms with Gasteiger partial charge in [-0.2, -0.15) is 4.99 Å². The largest absolute Gasteiger partial charge is 0.371 e. The molecule has 1 aliphatic heterocycles. The molecule has 0 spiro atoms. The van der Waals surface area contributed by atoms with Crippen LogP contribution in [0, 0.1) is 0 Å². The van der Waals surface area contributed by atoms with Gasteiger partial charge in [0, 0.05) is 18.8 Å². The minimum absolute atomic E-state index is 0.0847. The van der Waals surface area contributed by atoms with Gasteiger partial charge in [0.15, 0.2) is 0 Å². The molecule has 0 saturated carbocycles. The molecule has 1 aliphatic rings. The number of carbonyl (C=O) groups excluding carboxylic acids is 1. The number of fused-ring (bicyclic) bond motifs is 1. The molecule has 2 rings (SSSR count). The molecular weight excluding hydrogens is 200 g/mol. The highest BCUT2D eigenvalue weighted by Gasteiger charge is 2.18. The van der Waals surface area contributed by atoms with Crippen molar-refractivity contribution < 1.29 is 4.79 Å². The molecule has 1 heterocycles. The smallest absolute Gasteiger partial charge is 0.235 e. The van der Waals surface area contributed by atoms with Gasteiger partial charge in [0.05, 0.1) is 6.04 Å². The Bertz CT molecular complexity index is 436. The lowest BCUT2D eigenvalue weighted by molar-refractivity contribution is 0.559. The second-order valence-corrected chi connectivity index (χ2v) is 4.11. The van der Waals surface area contributed by atoms with Gasteiger partial charge >= 0.3 is 0 Å². The fourth-order valence-corrected chi connectivity index (χ4v) is 2.23. The number of hydrogen-bond acceptors (Lipinski definition) is 3. The topological polar surface area (TPSA) is 32.7 Å². The summed E-state index contributed by atoms with van der Waals surface area (Å²) >= 11 is 0. The van der Waals surface area contributed by atoms with Crippen LogP contribution >= 0.6 is 0 Å². The van der Waals surface area contributed by atoms with Crippen molar-refractivity contribution in [2.24, 2.45) is 4.99 Å². The fourth-order valence-electron chi connectivity index (χ4n) is 2.23. The molecule has 0 aliphatic carbocycles. The highest BCUT2D eigenvalue weighted by atomic mass is 16.1. The number of benzene rings is 1. The molecule has 0 amide bonds. The Hall–Kier alpha value is -1.60. The third-order valence-electron chi connectivity index (χ3n) is 3.21. The van der Waals surface area contributed by atoms with E-state index in [4.69, 9.17) is 0 Å². The van der Waals surface area contributed by atoms with E-state index in [1.807, 2.05) is 6.92 Å². The molecule has 0 saturated heterocycles. The molecule has 1 aromatic rings. The van der Waals surface area contributed by atoms with Gasteiger partial charge in [0.25, 0.3) is 0 Å². The summed E-state index contributed by atoms with van der Waals surface area (Å²) in [5.74, 6) is 0. The summed E-state index contributed by atoms with van der Waals surface area (Å²) in [5, 5.41) is 0. The van der Waals surface area contributed by atoms with Gasteiger partial charge < -0.3 is 4.90 Å². The van der Waals surface area contributed by atoms with Crippen LogP contribution in [0.4, 0.5) is 5.69 Å². The lowest BCUT2D eigenvalue weighted by Crippen LogP contribution is -2.18. The SMILES string of the molecule is CCN1CCc2cc(C(C)N=C=O)ccc21. The van der Waals surface area contributed by atoms with Crippen LogP contribution in [0.1, 0.15) is 31.0 Å². The van der Waals surface area contributed by atoms with Crippen LogP contribution in [0.3, 0.4) is 0 Å². The van der Waals surface area contributed by atoms with Crippen molar-refractivity contribution in [3.8, 4) is 0 Å². The highest BCUT2D eigenvalue weighted by Crippen LogP contribution is 2.30. The van der Waals surface area contributed by atoms with Crippen molar-refractivity contribution in [3.05, 3.63) is 29.3 Å². The van der Waals surface area contributed by atoms with Gasteiger partial charge in [-0.05, 0) is 37.5 Å². The van der Waals surface area contributed by atoms with Crippen LogP contribution < -0.4 is 4.90 Å². The van der Waals surface area contributed by atoms with Crippen LogP contribution in [0.2, 0.25) is 0 Å². The number of anilines is 1. The molecule has 0 fully saturated rings. The van der Waals surface area contributed by atoms with E-state index in [0.717, 1.165) is 25.1 Å². The van der Waals surface area contributed by atoms with Crippen molar-refractivity contribution in [1.29, 1.82) is 0 Å². The summed E-state index contributed by atoms with van der Waals surface area (Å²) in [7, 11) is 0. The Morgan fingerprint density at radius 3 is 3.06 bits per heavy atom. The summed E-state index contributed by atoms with van der Waals surface area (Å²) < 4.78 is 0. The summed E-state index contributed by atoms with van der Waals surface area (Å²) in [4.78, 5) is 16.3. The van der Waals surface area contributed by atoms with E-state index in [-0.39, 0.29) is 6.04 Å². The first-order chi connectivity index (χ1) is 7.76. The minimum atomic E-state index is -0.0847. The molecule has 3 nitrogen and oxygen atoms in total. The average molecular weight is 216 g/mol. The number of aliphatic imine (C=N–C) groups is 1. The zero-order chi connectivity index (χ0) is 11.5. The number of nitrogens with zero attached hydrogens (tertiary/aromatic N) is 2. The van der Waals surface area contributed by atoms with Crippen LogP contribution in [-0.2, 0) is 11.2 Å². The monoisotopic (exact) mass is 216 g/mol. The predicted octanol–water partition coefficient (Wildman–Crippen LogP) is 2.47. The van der Waals surface area contributed by atoms with Crippen LogP contribution in [0.5, 0.6) is 0 Å². The first-order valence-electron chi connectivity index (χ1n) is 5.71. The van der Waals surface area contributed by atoms with Gasteiger partial charge in [-0.3, -0.25) is 0 Å². The lowest BCUT2D eigenvalue weighted by atomic mass is 10.0. The molecule has 84 valence electrons. The molecule has 3 heteroatoms. The van der Waals surface area contributed by atoms with E-state index in [1.165, 1.54) is 11.3 Å². The fraction of sp³-hybridized carbons (Fsp3) is 0.462. The summed E-state index contributed by atoms with van der Waals surface area (Å²) in [6, 6.07) is 6.27. The van der Waals surface area contributed by atoms with Crippen molar-refractivity contribution in [3.63, 3.8) is 0 Å². The van der Waals surface area contributed by atoms with Crippen molar-refractivity contribution in [2.75, 3.05) is 18.0 Å². The minimum Gasteiger partial charge on any atom is -0.371 e. The molecule has 1 aromatic carbocycles. The second kappa shape index (κ2) is 4.50. The van der Waals surface area contributed by atoms with Gasteiger partial charge in [-0.25, -0.2) is 4.79 Å². The van der Waals surface area contributed by atoms with E-state index in [2.05, 4.69) is 35.0 Å². The molecular formula is C13H16N2O. The summed E-state index contributed by atoms with van der Waals surface area (Å²) in [5.41, 5.74) is 3.79. The first-order valence-corrected chi connectivity index (χ1v) is 5.71. The van der Waals surface area contributed by atoms with E-state index in [9.17, 15) is 4.79 Å². The molecule has 0 aromatic heterocycles. The number of rotatable bonds is 3. The van der Waals surface area contributed by atoms with Gasteiger partial charge in [-0.1, -0.05) is 12.1 Å². The lowest BCUT2D eigenvalue weighted by Gasteiger charge is -2.17. The molecule has 1 unspecified atom stereocenters. The van der Waals surface area contributed by atoms with Crippen molar-refractivity contribution >= 4 is 11.8 Å². The number of isocyanates is 1. The molecule has 1 atom stereocenters. The maximum atomic E-state index is 10.2. The molecule has 0 N–H and O–H groups in total. The van der Waals surface area contributed by atoms with Crippen molar-refractivity contribution in [1.82, 2.24) is 0 Å². The Morgan fingerprint density at radius 1 is 1.56 bits per heavy atom. The maximum Gasteiger partial charge on any atom is 0.235 e.